The zero-order valence-electron chi connectivity index (χ0n) is 12.6. The number of benzene rings is 1. The number of carbonyl (C=O) groups excluding carboxylic acids is 2. The Balaban J connectivity index is 1.79. The molecule has 1 aliphatic rings. The summed E-state index contributed by atoms with van der Waals surface area (Å²) in [5.41, 5.74) is 4.89. The summed E-state index contributed by atoms with van der Waals surface area (Å²) in [5, 5.41) is 0.438. The second-order valence-corrected chi connectivity index (χ2v) is 5.91. The highest BCUT2D eigenvalue weighted by Gasteiger charge is 2.22. The van der Waals surface area contributed by atoms with E-state index in [1.165, 1.54) is 6.42 Å². The molecule has 1 atom stereocenters. The van der Waals surface area contributed by atoms with Gasteiger partial charge in [0.1, 0.15) is 5.75 Å². The summed E-state index contributed by atoms with van der Waals surface area (Å²) in [6, 6.07) is 6.93. The molecule has 0 saturated heterocycles. The molecule has 120 valence electrons. The standard InChI is InChI=1S/C16H21ClN2O3/c1-11(22-14-10-6-5-9-13(14)17)15(20)18-19-16(21)12-7-3-2-4-8-12/h5-6,9-12H,2-4,7-8H2,1H3,(H,18,20)(H,19,21). The zero-order valence-corrected chi connectivity index (χ0v) is 13.4. The molecule has 1 unspecified atom stereocenters. The zero-order chi connectivity index (χ0) is 15.9. The van der Waals surface area contributed by atoms with E-state index in [1.807, 2.05) is 0 Å². The van der Waals surface area contributed by atoms with Gasteiger partial charge in [0, 0.05) is 5.92 Å². The van der Waals surface area contributed by atoms with Gasteiger partial charge in [-0.25, -0.2) is 0 Å². The average molecular weight is 325 g/mol. The van der Waals surface area contributed by atoms with Crippen molar-refractivity contribution in [1.82, 2.24) is 10.9 Å². The Morgan fingerprint density at radius 3 is 2.55 bits per heavy atom. The molecule has 1 aromatic carbocycles. The highest BCUT2D eigenvalue weighted by molar-refractivity contribution is 6.32. The predicted molar refractivity (Wildman–Crippen MR) is 84.4 cm³/mol. The number of carbonyl (C=O) groups is 2. The molecular weight excluding hydrogens is 304 g/mol. The van der Waals surface area contributed by atoms with E-state index in [9.17, 15) is 9.59 Å². The summed E-state index contributed by atoms with van der Waals surface area (Å²) in [6.07, 6.45) is 4.32. The molecule has 22 heavy (non-hydrogen) atoms. The van der Waals surface area contributed by atoms with E-state index in [1.54, 1.807) is 31.2 Å². The van der Waals surface area contributed by atoms with Gasteiger partial charge in [0.15, 0.2) is 6.10 Å². The number of hydrazine groups is 1. The van der Waals surface area contributed by atoms with Crippen LogP contribution in [-0.2, 0) is 9.59 Å². The average Bonchev–Trinajstić information content (AvgIpc) is 2.55. The van der Waals surface area contributed by atoms with E-state index in [0.29, 0.717) is 10.8 Å². The molecule has 6 heteroatoms. The van der Waals surface area contributed by atoms with Crippen LogP contribution in [0.3, 0.4) is 0 Å². The molecule has 0 heterocycles. The maximum absolute atomic E-state index is 12.0. The molecule has 0 radical (unpaired) electrons. The summed E-state index contributed by atoms with van der Waals surface area (Å²) < 4.78 is 5.49. The molecule has 2 N–H and O–H groups in total. The fourth-order valence-electron chi connectivity index (χ4n) is 2.48. The van der Waals surface area contributed by atoms with Gasteiger partial charge in [-0.15, -0.1) is 0 Å². The van der Waals surface area contributed by atoms with Crippen molar-refractivity contribution in [2.24, 2.45) is 5.92 Å². The van der Waals surface area contributed by atoms with Gasteiger partial charge in [0.2, 0.25) is 5.91 Å². The Labute approximate surface area is 135 Å². The molecule has 1 fully saturated rings. The molecule has 0 aliphatic heterocycles. The van der Waals surface area contributed by atoms with Gasteiger partial charge in [0.05, 0.1) is 5.02 Å². The minimum Gasteiger partial charge on any atom is -0.479 e. The minimum atomic E-state index is -0.758. The summed E-state index contributed by atoms with van der Waals surface area (Å²) in [5.74, 6) is -0.110. The first-order chi connectivity index (χ1) is 10.6. The van der Waals surface area contributed by atoms with Crippen LogP contribution in [0.25, 0.3) is 0 Å². The second-order valence-electron chi connectivity index (χ2n) is 5.50. The van der Waals surface area contributed by atoms with Crippen molar-refractivity contribution < 1.29 is 14.3 Å². The molecule has 1 aromatic rings. The summed E-state index contributed by atoms with van der Waals surface area (Å²) in [6.45, 7) is 1.60. The normalized spacial score (nSPS) is 16.6. The lowest BCUT2D eigenvalue weighted by Crippen LogP contribution is -2.49. The maximum atomic E-state index is 12.0. The Morgan fingerprint density at radius 2 is 1.86 bits per heavy atom. The second kappa shape index (κ2) is 8.03. The van der Waals surface area contributed by atoms with Crippen molar-refractivity contribution in [2.75, 3.05) is 0 Å². The number of para-hydroxylation sites is 1. The van der Waals surface area contributed by atoms with Crippen LogP contribution in [0.5, 0.6) is 5.75 Å². The lowest BCUT2D eigenvalue weighted by Gasteiger charge is -2.21. The summed E-state index contributed by atoms with van der Waals surface area (Å²) in [7, 11) is 0. The first kappa shape index (κ1) is 16.6. The number of hydrogen-bond donors (Lipinski definition) is 2. The van der Waals surface area contributed by atoms with Crippen LogP contribution in [0.2, 0.25) is 5.02 Å². The Morgan fingerprint density at radius 1 is 1.18 bits per heavy atom. The molecule has 0 aromatic heterocycles. The van der Waals surface area contributed by atoms with Gasteiger partial charge in [-0.1, -0.05) is 43.0 Å². The van der Waals surface area contributed by atoms with E-state index in [2.05, 4.69) is 10.9 Å². The van der Waals surface area contributed by atoms with Crippen LogP contribution in [0, 0.1) is 5.92 Å². The SMILES string of the molecule is CC(Oc1ccccc1Cl)C(=O)NNC(=O)C1CCCCC1. The topological polar surface area (TPSA) is 67.4 Å². The number of halogens is 1. The lowest BCUT2D eigenvalue weighted by atomic mass is 9.89. The highest BCUT2D eigenvalue weighted by atomic mass is 35.5. The van der Waals surface area contributed by atoms with E-state index < -0.39 is 12.0 Å². The number of rotatable bonds is 4. The van der Waals surface area contributed by atoms with Crippen molar-refractivity contribution in [3.8, 4) is 5.75 Å². The van der Waals surface area contributed by atoms with Gasteiger partial charge in [0.25, 0.3) is 5.91 Å². The van der Waals surface area contributed by atoms with Crippen molar-refractivity contribution in [1.29, 1.82) is 0 Å². The first-order valence-corrected chi connectivity index (χ1v) is 7.96. The van der Waals surface area contributed by atoms with E-state index >= 15 is 0 Å². The third kappa shape index (κ3) is 4.63. The van der Waals surface area contributed by atoms with Crippen LogP contribution in [0.4, 0.5) is 0 Å². The number of ether oxygens (including phenoxy) is 1. The van der Waals surface area contributed by atoms with Crippen molar-refractivity contribution in [3.05, 3.63) is 29.3 Å². The van der Waals surface area contributed by atoms with Crippen LogP contribution in [-0.4, -0.2) is 17.9 Å². The lowest BCUT2D eigenvalue weighted by molar-refractivity contribution is -0.134. The summed E-state index contributed by atoms with van der Waals surface area (Å²) >= 11 is 5.98. The molecular formula is C16H21ClN2O3. The number of amides is 2. The summed E-state index contributed by atoms with van der Waals surface area (Å²) in [4.78, 5) is 23.9. The smallest absolute Gasteiger partial charge is 0.279 e. The Bertz CT molecular complexity index is 530. The van der Waals surface area contributed by atoms with Crippen LogP contribution >= 0.6 is 11.6 Å². The van der Waals surface area contributed by atoms with Gasteiger partial charge in [-0.3, -0.25) is 20.4 Å². The van der Waals surface area contributed by atoms with E-state index in [4.69, 9.17) is 16.3 Å². The van der Waals surface area contributed by atoms with Crippen molar-refractivity contribution in [2.45, 2.75) is 45.1 Å². The number of nitrogens with one attached hydrogen (secondary N) is 2. The predicted octanol–water partition coefficient (Wildman–Crippen LogP) is 2.84. The molecule has 0 spiro atoms. The molecule has 1 aliphatic carbocycles. The maximum Gasteiger partial charge on any atom is 0.279 e. The highest BCUT2D eigenvalue weighted by Crippen LogP contribution is 2.24. The Hall–Kier alpha value is -1.75. The molecule has 1 saturated carbocycles. The fraction of sp³-hybridized carbons (Fsp3) is 0.500. The van der Waals surface area contributed by atoms with E-state index in [-0.39, 0.29) is 11.8 Å². The number of hydrogen-bond acceptors (Lipinski definition) is 3. The van der Waals surface area contributed by atoms with Gasteiger partial charge >= 0.3 is 0 Å². The molecule has 2 rings (SSSR count). The molecule has 5 nitrogen and oxygen atoms in total. The largest absolute Gasteiger partial charge is 0.479 e. The fourth-order valence-corrected chi connectivity index (χ4v) is 2.66. The third-order valence-electron chi connectivity index (χ3n) is 3.79. The quantitative estimate of drug-likeness (QED) is 0.837. The van der Waals surface area contributed by atoms with Crippen molar-refractivity contribution in [3.63, 3.8) is 0 Å². The minimum absolute atomic E-state index is 0.00570. The van der Waals surface area contributed by atoms with Gasteiger partial charge in [-0.2, -0.15) is 0 Å². The van der Waals surface area contributed by atoms with Crippen LogP contribution in [0.15, 0.2) is 24.3 Å². The van der Waals surface area contributed by atoms with E-state index in [0.717, 1.165) is 25.7 Å². The first-order valence-electron chi connectivity index (χ1n) is 7.59. The van der Waals surface area contributed by atoms with Crippen LogP contribution < -0.4 is 15.6 Å². The van der Waals surface area contributed by atoms with Crippen LogP contribution in [0.1, 0.15) is 39.0 Å². The Kier molecular flexibility index (Phi) is 6.07. The molecule has 0 bridgehead atoms. The van der Waals surface area contributed by atoms with Crippen molar-refractivity contribution >= 4 is 23.4 Å². The monoisotopic (exact) mass is 324 g/mol. The van der Waals surface area contributed by atoms with Gasteiger partial charge < -0.3 is 4.74 Å². The van der Waals surface area contributed by atoms with Gasteiger partial charge in [-0.05, 0) is 31.9 Å². The third-order valence-corrected chi connectivity index (χ3v) is 4.11. The molecule has 2 amide bonds.